The standard InChI is InChI=1S/C12H13BrN2O3S/c1-2-3-4-14-19(17,18)11-5-8-6-12(16)15-10(8)7-9(11)13/h2,5,7,14H,1,3-4,6H2,(H,15,16). The number of hydrogen-bond donors (Lipinski definition) is 2. The quantitative estimate of drug-likeness (QED) is 0.631. The maximum absolute atomic E-state index is 12.1. The second-order valence-corrected chi connectivity index (χ2v) is 6.73. The highest BCUT2D eigenvalue weighted by Crippen LogP contribution is 2.32. The number of rotatable bonds is 5. The molecule has 1 aromatic rings. The molecule has 1 aliphatic rings. The Morgan fingerprint density at radius 2 is 2.21 bits per heavy atom. The summed E-state index contributed by atoms with van der Waals surface area (Å²) in [4.78, 5) is 11.4. The first-order chi connectivity index (χ1) is 8.94. The molecule has 2 rings (SSSR count). The van der Waals surface area contributed by atoms with Gasteiger partial charge in [0.15, 0.2) is 0 Å². The van der Waals surface area contributed by atoms with E-state index in [1.54, 1.807) is 12.1 Å². The zero-order valence-corrected chi connectivity index (χ0v) is 12.5. The lowest BCUT2D eigenvalue weighted by Gasteiger charge is -2.09. The van der Waals surface area contributed by atoms with Gasteiger partial charge in [-0.15, -0.1) is 6.58 Å². The van der Waals surface area contributed by atoms with Gasteiger partial charge < -0.3 is 5.32 Å². The molecule has 7 heteroatoms. The number of halogens is 1. The summed E-state index contributed by atoms with van der Waals surface area (Å²) < 4.78 is 27.2. The van der Waals surface area contributed by atoms with Crippen molar-refractivity contribution in [1.29, 1.82) is 0 Å². The maximum atomic E-state index is 12.1. The Morgan fingerprint density at radius 1 is 1.47 bits per heavy atom. The second kappa shape index (κ2) is 5.44. The fourth-order valence-electron chi connectivity index (χ4n) is 1.80. The van der Waals surface area contributed by atoms with Crippen LogP contribution in [0.1, 0.15) is 12.0 Å². The summed E-state index contributed by atoms with van der Waals surface area (Å²) in [6, 6.07) is 3.13. The monoisotopic (exact) mass is 344 g/mol. The molecule has 0 aliphatic carbocycles. The van der Waals surface area contributed by atoms with Crippen LogP contribution in [0.15, 0.2) is 34.2 Å². The Kier molecular flexibility index (Phi) is 4.07. The van der Waals surface area contributed by atoms with E-state index >= 15 is 0 Å². The number of carbonyl (C=O) groups is 1. The van der Waals surface area contributed by atoms with Crippen molar-refractivity contribution in [3.05, 3.63) is 34.8 Å². The fourth-order valence-corrected chi connectivity index (χ4v) is 3.94. The number of hydrogen-bond acceptors (Lipinski definition) is 3. The predicted molar refractivity (Wildman–Crippen MR) is 76.5 cm³/mol. The Morgan fingerprint density at radius 3 is 2.89 bits per heavy atom. The largest absolute Gasteiger partial charge is 0.325 e. The molecular formula is C12H13BrN2O3S. The number of nitrogens with one attached hydrogen (secondary N) is 2. The number of amides is 1. The maximum Gasteiger partial charge on any atom is 0.241 e. The van der Waals surface area contributed by atoms with E-state index in [0.29, 0.717) is 28.7 Å². The molecule has 1 amide bonds. The van der Waals surface area contributed by atoms with Gasteiger partial charge in [0, 0.05) is 16.7 Å². The summed E-state index contributed by atoms with van der Waals surface area (Å²) in [5.41, 5.74) is 1.35. The van der Waals surface area contributed by atoms with Gasteiger partial charge in [0.2, 0.25) is 15.9 Å². The summed E-state index contributed by atoms with van der Waals surface area (Å²) in [7, 11) is -3.59. The Balaban J connectivity index is 2.33. The van der Waals surface area contributed by atoms with Gasteiger partial charge in [-0.2, -0.15) is 0 Å². The summed E-state index contributed by atoms with van der Waals surface area (Å²) in [5, 5.41) is 2.67. The highest BCUT2D eigenvalue weighted by atomic mass is 79.9. The minimum atomic E-state index is -3.59. The molecular weight excluding hydrogens is 332 g/mol. The van der Waals surface area contributed by atoms with Crippen LogP contribution in [0.4, 0.5) is 5.69 Å². The van der Waals surface area contributed by atoms with Crippen molar-refractivity contribution in [3.8, 4) is 0 Å². The van der Waals surface area contributed by atoms with E-state index in [1.165, 1.54) is 6.07 Å². The van der Waals surface area contributed by atoms with Crippen molar-refractivity contribution in [1.82, 2.24) is 4.72 Å². The van der Waals surface area contributed by atoms with Crippen LogP contribution >= 0.6 is 15.9 Å². The van der Waals surface area contributed by atoms with Crippen LogP contribution in [-0.2, 0) is 21.2 Å². The molecule has 0 radical (unpaired) electrons. The van der Waals surface area contributed by atoms with Gasteiger partial charge in [0.05, 0.1) is 11.3 Å². The van der Waals surface area contributed by atoms with Crippen molar-refractivity contribution < 1.29 is 13.2 Å². The SMILES string of the molecule is C=CCCNS(=O)(=O)c1cc2c(cc1Br)NC(=O)C2. The molecule has 19 heavy (non-hydrogen) atoms. The van der Waals surface area contributed by atoms with Crippen molar-refractivity contribution in [3.63, 3.8) is 0 Å². The Labute approximate surface area is 120 Å². The van der Waals surface area contributed by atoms with Crippen molar-refractivity contribution in [2.75, 3.05) is 11.9 Å². The third-order valence-electron chi connectivity index (χ3n) is 2.71. The van der Waals surface area contributed by atoms with E-state index < -0.39 is 10.0 Å². The molecule has 102 valence electrons. The molecule has 1 aromatic carbocycles. The van der Waals surface area contributed by atoms with Crippen LogP contribution in [0, 0.1) is 0 Å². The molecule has 0 fully saturated rings. The first-order valence-corrected chi connectivity index (χ1v) is 7.94. The molecule has 5 nitrogen and oxygen atoms in total. The molecule has 0 saturated carbocycles. The molecule has 0 spiro atoms. The van der Waals surface area contributed by atoms with Crippen molar-refractivity contribution in [2.45, 2.75) is 17.7 Å². The highest BCUT2D eigenvalue weighted by molar-refractivity contribution is 9.10. The van der Waals surface area contributed by atoms with Crippen LogP contribution in [0.5, 0.6) is 0 Å². The number of carbonyl (C=O) groups excluding carboxylic acids is 1. The van der Waals surface area contributed by atoms with Crippen LogP contribution in [0.2, 0.25) is 0 Å². The van der Waals surface area contributed by atoms with Gasteiger partial charge in [0.1, 0.15) is 0 Å². The first kappa shape index (κ1) is 14.2. The molecule has 0 aromatic heterocycles. The van der Waals surface area contributed by atoms with Crippen LogP contribution in [0.3, 0.4) is 0 Å². The molecule has 1 heterocycles. The van der Waals surface area contributed by atoms with Crippen LogP contribution < -0.4 is 10.0 Å². The second-order valence-electron chi connectivity index (χ2n) is 4.14. The fraction of sp³-hybridized carbons (Fsp3) is 0.250. The lowest BCUT2D eigenvalue weighted by Crippen LogP contribution is -2.25. The first-order valence-electron chi connectivity index (χ1n) is 5.67. The van der Waals surface area contributed by atoms with E-state index in [2.05, 4.69) is 32.5 Å². The average Bonchev–Trinajstić information content (AvgIpc) is 2.67. The Bertz CT molecular complexity index is 641. The van der Waals surface area contributed by atoms with E-state index in [4.69, 9.17) is 0 Å². The zero-order valence-electron chi connectivity index (χ0n) is 10.1. The molecule has 0 unspecified atom stereocenters. The van der Waals surface area contributed by atoms with Crippen molar-refractivity contribution in [2.24, 2.45) is 0 Å². The third-order valence-corrected chi connectivity index (χ3v) is 5.13. The summed E-state index contributed by atoms with van der Waals surface area (Å²) in [5.74, 6) is -0.129. The van der Waals surface area contributed by atoms with E-state index in [0.717, 1.165) is 0 Å². The number of sulfonamides is 1. The topological polar surface area (TPSA) is 75.3 Å². The summed E-state index contributed by atoms with van der Waals surface area (Å²) in [6.07, 6.45) is 2.41. The number of anilines is 1. The molecule has 1 aliphatic heterocycles. The average molecular weight is 345 g/mol. The smallest absolute Gasteiger partial charge is 0.241 e. The third kappa shape index (κ3) is 3.05. The normalized spacial score (nSPS) is 14.1. The molecule has 0 bridgehead atoms. The zero-order chi connectivity index (χ0) is 14.0. The van der Waals surface area contributed by atoms with Crippen LogP contribution in [0.25, 0.3) is 0 Å². The molecule has 0 saturated heterocycles. The minimum absolute atomic E-state index is 0.129. The highest BCUT2D eigenvalue weighted by Gasteiger charge is 2.24. The van der Waals surface area contributed by atoms with Gasteiger partial charge in [-0.3, -0.25) is 4.79 Å². The lowest BCUT2D eigenvalue weighted by molar-refractivity contribution is -0.115. The van der Waals surface area contributed by atoms with Gasteiger partial charge in [-0.05, 0) is 40.0 Å². The van der Waals surface area contributed by atoms with Gasteiger partial charge in [0.25, 0.3) is 0 Å². The van der Waals surface area contributed by atoms with Gasteiger partial charge in [-0.25, -0.2) is 13.1 Å². The number of fused-ring (bicyclic) bond motifs is 1. The van der Waals surface area contributed by atoms with E-state index in [-0.39, 0.29) is 17.2 Å². The predicted octanol–water partition coefficient (Wildman–Crippen LogP) is 1.80. The van der Waals surface area contributed by atoms with E-state index in [1.807, 2.05) is 0 Å². The summed E-state index contributed by atoms with van der Waals surface area (Å²) >= 11 is 3.22. The lowest BCUT2D eigenvalue weighted by atomic mass is 10.2. The summed E-state index contributed by atoms with van der Waals surface area (Å²) in [6.45, 7) is 3.83. The Hall–Kier alpha value is -1.18. The van der Waals surface area contributed by atoms with Crippen LogP contribution in [-0.4, -0.2) is 20.9 Å². The molecule has 0 atom stereocenters. The van der Waals surface area contributed by atoms with Gasteiger partial charge in [-0.1, -0.05) is 6.08 Å². The van der Waals surface area contributed by atoms with Gasteiger partial charge >= 0.3 is 0 Å². The number of benzene rings is 1. The van der Waals surface area contributed by atoms with Crippen molar-refractivity contribution >= 4 is 37.5 Å². The molecule has 2 N–H and O–H groups in total. The van der Waals surface area contributed by atoms with E-state index in [9.17, 15) is 13.2 Å². The minimum Gasteiger partial charge on any atom is -0.325 e.